The summed E-state index contributed by atoms with van der Waals surface area (Å²) in [5, 5.41) is 3.31. The summed E-state index contributed by atoms with van der Waals surface area (Å²) in [4.78, 5) is 0. The van der Waals surface area contributed by atoms with Crippen LogP contribution >= 0.6 is 11.8 Å². The van der Waals surface area contributed by atoms with E-state index in [1.165, 1.54) is 6.42 Å². The molecule has 1 N–H and O–H groups in total. The van der Waals surface area contributed by atoms with Crippen molar-refractivity contribution >= 4 is 17.4 Å². The van der Waals surface area contributed by atoms with Crippen LogP contribution in [-0.4, -0.2) is 17.5 Å². The van der Waals surface area contributed by atoms with Crippen molar-refractivity contribution in [1.29, 1.82) is 0 Å². The number of anilines is 1. The first-order chi connectivity index (χ1) is 8.97. The van der Waals surface area contributed by atoms with Gasteiger partial charge in [-0.05, 0) is 36.8 Å². The summed E-state index contributed by atoms with van der Waals surface area (Å²) in [5.74, 6) is 0.248. The summed E-state index contributed by atoms with van der Waals surface area (Å²) in [6.07, 6.45) is -1.07. The smallest absolute Gasteiger partial charge is 0.382 e. The van der Waals surface area contributed by atoms with Gasteiger partial charge in [0.2, 0.25) is 0 Å². The third-order valence-electron chi connectivity index (χ3n) is 3.09. The van der Waals surface area contributed by atoms with Crippen molar-refractivity contribution in [3.8, 4) is 0 Å². The number of hydrogen-bond acceptors (Lipinski definition) is 2. The lowest BCUT2D eigenvalue weighted by Gasteiger charge is -2.22. The minimum atomic E-state index is -4.50. The minimum Gasteiger partial charge on any atom is -0.382 e. The van der Waals surface area contributed by atoms with Gasteiger partial charge in [0.1, 0.15) is 5.82 Å². The van der Waals surface area contributed by atoms with Crippen LogP contribution in [0.3, 0.4) is 0 Å². The van der Waals surface area contributed by atoms with E-state index in [9.17, 15) is 17.6 Å². The molecule has 0 amide bonds. The molecule has 1 fully saturated rings. The highest BCUT2D eigenvalue weighted by molar-refractivity contribution is 7.99. The Hall–Kier alpha value is -0.910. The molecule has 0 spiro atoms. The van der Waals surface area contributed by atoms with Gasteiger partial charge in [-0.2, -0.15) is 24.9 Å². The molecule has 1 atom stereocenters. The Morgan fingerprint density at radius 3 is 2.63 bits per heavy atom. The minimum absolute atomic E-state index is 0.138. The molecule has 106 valence electrons. The predicted molar refractivity (Wildman–Crippen MR) is 70.0 cm³/mol. The van der Waals surface area contributed by atoms with E-state index in [0.29, 0.717) is 17.9 Å². The summed E-state index contributed by atoms with van der Waals surface area (Å²) in [5.41, 5.74) is -0.818. The van der Waals surface area contributed by atoms with Gasteiger partial charge in [0.25, 0.3) is 0 Å². The molecule has 0 aromatic heterocycles. The van der Waals surface area contributed by atoms with Gasteiger partial charge < -0.3 is 5.32 Å². The highest BCUT2D eigenvalue weighted by atomic mass is 32.2. The van der Waals surface area contributed by atoms with Crippen molar-refractivity contribution in [2.75, 3.05) is 17.6 Å². The lowest BCUT2D eigenvalue weighted by Crippen LogP contribution is -2.20. The molecule has 1 unspecified atom stereocenters. The molecule has 1 aliphatic rings. The molecule has 0 bridgehead atoms. The summed E-state index contributed by atoms with van der Waals surface area (Å²) in [6.45, 7) is 0.590. The van der Waals surface area contributed by atoms with Gasteiger partial charge in [-0.15, -0.1) is 0 Å². The van der Waals surface area contributed by atoms with Gasteiger partial charge in [0, 0.05) is 11.8 Å². The number of rotatable bonds is 3. The van der Waals surface area contributed by atoms with Crippen molar-refractivity contribution in [1.82, 2.24) is 0 Å². The summed E-state index contributed by atoms with van der Waals surface area (Å²) < 4.78 is 50.7. The van der Waals surface area contributed by atoms with Crippen molar-refractivity contribution in [3.63, 3.8) is 0 Å². The molecular formula is C13H15F4NS. The Morgan fingerprint density at radius 2 is 2.05 bits per heavy atom. The fourth-order valence-corrected chi connectivity index (χ4v) is 3.27. The Balaban J connectivity index is 1.97. The van der Waals surface area contributed by atoms with Crippen molar-refractivity contribution in [2.24, 2.45) is 0 Å². The van der Waals surface area contributed by atoms with E-state index in [0.717, 1.165) is 30.7 Å². The van der Waals surface area contributed by atoms with Gasteiger partial charge in [-0.1, -0.05) is 6.42 Å². The van der Waals surface area contributed by atoms with Crippen LogP contribution in [-0.2, 0) is 6.18 Å². The zero-order valence-corrected chi connectivity index (χ0v) is 11.1. The highest BCUT2D eigenvalue weighted by Gasteiger charge is 2.31. The Bertz CT molecular complexity index is 427. The SMILES string of the molecule is Fc1cc(C(F)(F)F)ccc1NCC1CCCCS1. The van der Waals surface area contributed by atoms with Crippen LogP contribution in [0.5, 0.6) is 0 Å². The third-order valence-corrected chi connectivity index (χ3v) is 4.49. The van der Waals surface area contributed by atoms with Crippen molar-refractivity contribution in [2.45, 2.75) is 30.7 Å². The molecular weight excluding hydrogens is 278 g/mol. The van der Waals surface area contributed by atoms with E-state index in [1.807, 2.05) is 11.8 Å². The number of thioether (sulfide) groups is 1. The zero-order valence-electron chi connectivity index (χ0n) is 10.3. The second-order valence-corrected chi connectivity index (χ2v) is 5.97. The molecule has 0 saturated carbocycles. The second-order valence-electron chi connectivity index (χ2n) is 4.56. The molecule has 1 saturated heterocycles. The fraction of sp³-hybridized carbons (Fsp3) is 0.538. The van der Waals surface area contributed by atoms with Crippen LogP contribution in [0.2, 0.25) is 0 Å². The third kappa shape index (κ3) is 4.03. The van der Waals surface area contributed by atoms with E-state index in [-0.39, 0.29) is 5.69 Å². The first-order valence-corrected chi connectivity index (χ1v) is 7.24. The first-order valence-electron chi connectivity index (χ1n) is 6.19. The number of nitrogens with one attached hydrogen (secondary N) is 1. The molecule has 0 aliphatic carbocycles. The molecule has 0 radical (unpaired) electrons. The number of alkyl halides is 3. The topological polar surface area (TPSA) is 12.0 Å². The van der Waals surface area contributed by atoms with E-state index in [1.54, 1.807) is 0 Å². The monoisotopic (exact) mass is 293 g/mol. The predicted octanol–water partition coefficient (Wildman–Crippen LogP) is 4.54. The van der Waals surface area contributed by atoms with E-state index >= 15 is 0 Å². The maximum absolute atomic E-state index is 13.6. The largest absolute Gasteiger partial charge is 0.416 e. The Morgan fingerprint density at radius 1 is 1.26 bits per heavy atom. The molecule has 1 aromatic carbocycles. The Labute approximate surface area is 113 Å². The van der Waals surface area contributed by atoms with Crippen LogP contribution in [0.25, 0.3) is 0 Å². The van der Waals surface area contributed by atoms with E-state index in [2.05, 4.69) is 5.32 Å². The number of benzene rings is 1. The highest BCUT2D eigenvalue weighted by Crippen LogP contribution is 2.31. The van der Waals surface area contributed by atoms with Crippen LogP contribution in [0.1, 0.15) is 24.8 Å². The van der Waals surface area contributed by atoms with Gasteiger partial charge in [0.15, 0.2) is 0 Å². The molecule has 1 nitrogen and oxygen atoms in total. The average molecular weight is 293 g/mol. The number of hydrogen-bond donors (Lipinski definition) is 1. The summed E-state index contributed by atoms with van der Waals surface area (Å²) in [6, 6.07) is 2.60. The molecule has 1 heterocycles. The zero-order chi connectivity index (χ0) is 13.9. The van der Waals surface area contributed by atoms with Crippen molar-refractivity contribution < 1.29 is 17.6 Å². The second kappa shape index (κ2) is 6.03. The van der Waals surface area contributed by atoms with Crippen molar-refractivity contribution in [3.05, 3.63) is 29.6 Å². The normalized spacial score (nSPS) is 20.3. The molecule has 19 heavy (non-hydrogen) atoms. The maximum Gasteiger partial charge on any atom is 0.416 e. The molecule has 1 aromatic rings. The molecule has 2 rings (SSSR count). The van der Waals surface area contributed by atoms with Gasteiger partial charge >= 0.3 is 6.18 Å². The summed E-state index contributed by atoms with van der Waals surface area (Å²) >= 11 is 1.83. The van der Waals surface area contributed by atoms with Gasteiger partial charge in [0.05, 0.1) is 11.3 Å². The standard InChI is InChI=1S/C13H15F4NS/c14-11-7-9(13(15,16)17)4-5-12(11)18-8-10-3-1-2-6-19-10/h4-5,7,10,18H,1-3,6,8H2. The lowest BCUT2D eigenvalue weighted by molar-refractivity contribution is -0.137. The van der Waals surface area contributed by atoms with Crippen LogP contribution < -0.4 is 5.32 Å². The summed E-state index contributed by atoms with van der Waals surface area (Å²) in [7, 11) is 0. The number of halogens is 4. The van der Waals surface area contributed by atoms with Crippen LogP contribution in [0, 0.1) is 5.82 Å². The van der Waals surface area contributed by atoms with Gasteiger partial charge in [-0.25, -0.2) is 4.39 Å². The first kappa shape index (κ1) is 14.5. The molecule has 1 aliphatic heterocycles. The lowest BCUT2D eigenvalue weighted by atomic mass is 10.1. The fourth-order valence-electron chi connectivity index (χ4n) is 2.03. The van der Waals surface area contributed by atoms with Crippen LogP contribution in [0.15, 0.2) is 18.2 Å². The van der Waals surface area contributed by atoms with E-state index in [4.69, 9.17) is 0 Å². The van der Waals surface area contributed by atoms with Gasteiger partial charge in [-0.3, -0.25) is 0 Å². The molecule has 6 heteroatoms. The Kier molecular flexibility index (Phi) is 4.60. The van der Waals surface area contributed by atoms with E-state index < -0.39 is 17.6 Å². The quantitative estimate of drug-likeness (QED) is 0.821. The maximum atomic E-state index is 13.6. The van der Waals surface area contributed by atoms with Crippen LogP contribution in [0.4, 0.5) is 23.2 Å². The average Bonchev–Trinajstić information content (AvgIpc) is 2.37.